The molecule has 0 aromatic carbocycles. The third-order valence-corrected chi connectivity index (χ3v) is 1.71. The summed E-state index contributed by atoms with van der Waals surface area (Å²) in [5.74, 6) is 0.0641. The highest BCUT2D eigenvalue weighted by Gasteiger charge is 2.07. The predicted octanol–water partition coefficient (Wildman–Crippen LogP) is -0.0582. The van der Waals surface area contributed by atoms with Gasteiger partial charge in [-0.3, -0.25) is 4.68 Å². The molecule has 5 heteroatoms. The van der Waals surface area contributed by atoms with Gasteiger partial charge in [-0.2, -0.15) is 5.10 Å². The summed E-state index contributed by atoms with van der Waals surface area (Å²) in [5.41, 5.74) is 13.1. The van der Waals surface area contributed by atoms with Crippen molar-refractivity contribution in [2.75, 3.05) is 0 Å². The molecule has 0 spiro atoms. The Kier molecular flexibility index (Phi) is 2.03. The number of aromatic nitrogens is 2. The van der Waals surface area contributed by atoms with Crippen molar-refractivity contribution in [1.82, 2.24) is 9.78 Å². The van der Waals surface area contributed by atoms with Crippen molar-refractivity contribution in [3.63, 3.8) is 0 Å². The minimum atomic E-state index is 0.0641. The maximum atomic E-state index is 5.26. The number of aryl methyl sites for hydroxylation is 2. The average Bonchev–Trinajstić information content (AvgIpc) is 2.16. The highest BCUT2D eigenvalue weighted by Crippen LogP contribution is 2.21. The highest BCUT2D eigenvalue weighted by atomic mass is 15.3. The largest absolute Gasteiger partial charge is 0.370 e. The molecule has 0 atom stereocenters. The van der Waals surface area contributed by atoms with Crippen LogP contribution in [0.1, 0.15) is 11.4 Å². The fourth-order valence-electron chi connectivity index (χ4n) is 1.05. The van der Waals surface area contributed by atoms with Crippen LogP contribution in [0.5, 0.6) is 0 Å². The van der Waals surface area contributed by atoms with Crippen LogP contribution < -0.4 is 11.5 Å². The predicted molar refractivity (Wildman–Crippen MR) is 48.2 cm³/mol. The van der Waals surface area contributed by atoms with E-state index in [0.717, 1.165) is 17.1 Å². The Hall–Kier alpha value is -1.52. The molecule has 0 aliphatic carbocycles. The SMILES string of the molecule is Cc1nn(C)c(C)c1N=C(N)N. The molecule has 0 aliphatic rings. The molecule has 0 radical (unpaired) electrons. The number of nitrogens with zero attached hydrogens (tertiary/aromatic N) is 3. The summed E-state index contributed by atoms with van der Waals surface area (Å²) in [5, 5.41) is 4.16. The van der Waals surface area contributed by atoms with Crippen molar-refractivity contribution in [2.24, 2.45) is 23.5 Å². The van der Waals surface area contributed by atoms with E-state index in [1.807, 2.05) is 20.9 Å². The summed E-state index contributed by atoms with van der Waals surface area (Å²) >= 11 is 0. The molecule has 5 nitrogen and oxygen atoms in total. The van der Waals surface area contributed by atoms with Gasteiger partial charge in [0.05, 0.1) is 11.4 Å². The van der Waals surface area contributed by atoms with Crippen LogP contribution in [0.4, 0.5) is 5.69 Å². The van der Waals surface area contributed by atoms with Crippen molar-refractivity contribution in [3.05, 3.63) is 11.4 Å². The maximum absolute atomic E-state index is 5.26. The summed E-state index contributed by atoms with van der Waals surface area (Å²) in [7, 11) is 1.86. The Morgan fingerprint density at radius 1 is 1.42 bits per heavy atom. The van der Waals surface area contributed by atoms with Gasteiger partial charge in [-0.05, 0) is 13.8 Å². The molecule has 66 valence electrons. The van der Waals surface area contributed by atoms with E-state index in [4.69, 9.17) is 11.5 Å². The van der Waals surface area contributed by atoms with Gasteiger partial charge in [0.15, 0.2) is 5.96 Å². The lowest BCUT2D eigenvalue weighted by molar-refractivity contribution is 0.731. The van der Waals surface area contributed by atoms with Gasteiger partial charge in [0, 0.05) is 7.05 Å². The first-order chi connectivity index (χ1) is 5.52. The van der Waals surface area contributed by atoms with Crippen molar-refractivity contribution in [2.45, 2.75) is 13.8 Å². The zero-order valence-electron chi connectivity index (χ0n) is 7.50. The van der Waals surface area contributed by atoms with E-state index >= 15 is 0 Å². The minimum Gasteiger partial charge on any atom is -0.370 e. The molecule has 1 heterocycles. The highest BCUT2D eigenvalue weighted by molar-refractivity contribution is 5.79. The molecular weight excluding hydrogens is 154 g/mol. The van der Waals surface area contributed by atoms with Crippen LogP contribution in [-0.4, -0.2) is 15.7 Å². The molecule has 1 rings (SSSR count). The van der Waals surface area contributed by atoms with E-state index in [1.165, 1.54) is 0 Å². The number of hydrogen-bond donors (Lipinski definition) is 2. The first-order valence-electron chi connectivity index (χ1n) is 3.62. The Labute approximate surface area is 71.1 Å². The van der Waals surface area contributed by atoms with Gasteiger partial charge in [-0.25, -0.2) is 4.99 Å². The first-order valence-corrected chi connectivity index (χ1v) is 3.62. The molecule has 0 unspecified atom stereocenters. The van der Waals surface area contributed by atoms with Gasteiger partial charge >= 0.3 is 0 Å². The second kappa shape index (κ2) is 2.84. The third kappa shape index (κ3) is 1.39. The summed E-state index contributed by atoms with van der Waals surface area (Å²) in [6, 6.07) is 0. The van der Waals surface area contributed by atoms with Crippen LogP contribution in [0.25, 0.3) is 0 Å². The van der Waals surface area contributed by atoms with Gasteiger partial charge in [0.25, 0.3) is 0 Å². The number of nitrogens with two attached hydrogens (primary N) is 2. The first kappa shape index (κ1) is 8.58. The van der Waals surface area contributed by atoms with E-state index in [0.29, 0.717) is 0 Å². The topological polar surface area (TPSA) is 82.2 Å². The molecule has 0 saturated carbocycles. The molecular formula is C7H13N5. The smallest absolute Gasteiger partial charge is 0.191 e. The van der Waals surface area contributed by atoms with Crippen molar-refractivity contribution in [1.29, 1.82) is 0 Å². The lowest BCUT2D eigenvalue weighted by atomic mass is 10.3. The van der Waals surface area contributed by atoms with Crippen LogP contribution >= 0.6 is 0 Å². The number of aliphatic imine (C=N–C) groups is 1. The molecule has 1 aromatic heterocycles. The number of rotatable bonds is 1. The summed E-state index contributed by atoms with van der Waals surface area (Å²) in [4.78, 5) is 3.97. The summed E-state index contributed by atoms with van der Waals surface area (Å²) in [6.07, 6.45) is 0. The lowest BCUT2D eigenvalue weighted by Gasteiger charge is -1.94. The fraction of sp³-hybridized carbons (Fsp3) is 0.429. The van der Waals surface area contributed by atoms with E-state index < -0.39 is 0 Å². The molecule has 0 amide bonds. The van der Waals surface area contributed by atoms with Crippen LogP contribution in [0, 0.1) is 13.8 Å². The molecule has 0 bridgehead atoms. The Morgan fingerprint density at radius 2 is 2.00 bits per heavy atom. The fourth-order valence-corrected chi connectivity index (χ4v) is 1.05. The Bertz CT molecular complexity index is 319. The summed E-state index contributed by atoms with van der Waals surface area (Å²) < 4.78 is 1.75. The second-order valence-corrected chi connectivity index (χ2v) is 2.68. The lowest BCUT2D eigenvalue weighted by Crippen LogP contribution is -2.22. The number of guanidine groups is 1. The average molecular weight is 167 g/mol. The Morgan fingerprint density at radius 3 is 2.33 bits per heavy atom. The molecule has 1 aromatic rings. The summed E-state index contributed by atoms with van der Waals surface area (Å²) in [6.45, 7) is 3.79. The monoisotopic (exact) mass is 167 g/mol. The third-order valence-electron chi connectivity index (χ3n) is 1.71. The molecule has 0 aliphatic heterocycles. The molecule has 4 N–H and O–H groups in total. The molecule has 12 heavy (non-hydrogen) atoms. The second-order valence-electron chi connectivity index (χ2n) is 2.68. The zero-order chi connectivity index (χ0) is 9.30. The van der Waals surface area contributed by atoms with Crippen molar-refractivity contribution in [3.8, 4) is 0 Å². The van der Waals surface area contributed by atoms with E-state index in [-0.39, 0.29) is 5.96 Å². The quantitative estimate of drug-likeness (QED) is 0.454. The van der Waals surface area contributed by atoms with Gasteiger partial charge in [-0.15, -0.1) is 0 Å². The van der Waals surface area contributed by atoms with E-state index in [9.17, 15) is 0 Å². The van der Waals surface area contributed by atoms with Gasteiger partial charge < -0.3 is 11.5 Å². The van der Waals surface area contributed by atoms with Crippen LogP contribution in [0.3, 0.4) is 0 Å². The van der Waals surface area contributed by atoms with E-state index in [2.05, 4.69) is 10.1 Å². The van der Waals surface area contributed by atoms with Crippen molar-refractivity contribution < 1.29 is 0 Å². The minimum absolute atomic E-state index is 0.0641. The van der Waals surface area contributed by atoms with Gasteiger partial charge in [0.2, 0.25) is 0 Å². The molecule has 0 fully saturated rings. The van der Waals surface area contributed by atoms with E-state index in [1.54, 1.807) is 4.68 Å². The van der Waals surface area contributed by atoms with Gasteiger partial charge in [0.1, 0.15) is 5.69 Å². The van der Waals surface area contributed by atoms with Crippen LogP contribution in [0.15, 0.2) is 4.99 Å². The molecule has 0 saturated heterocycles. The van der Waals surface area contributed by atoms with Crippen LogP contribution in [0.2, 0.25) is 0 Å². The maximum Gasteiger partial charge on any atom is 0.191 e. The van der Waals surface area contributed by atoms with Crippen LogP contribution in [-0.2, 0) is 7.05 Å². The standard InChI is InChI=1S/C7H13N5/c1-4-6(10-7(8)9)5(2)12(3)11-4/h1-3H3,(H4,8,9,10). The van der Waals surface area contributed by atoms with Crippen molar-refractivity contribution >= 4 is 11.6 Å². The normalized spacial score (nSPS) is 9.92. The number of hydrogen-bond acceptors (Lipinski definition) is 2. The van der Waals surface area contributed by atoms with Gasteiger partial charge in [-0.1, -0.05) is 0 Å². The Balaban J connectivity index is 3.23. The zero-order valence-corrected chi connectivity index (χ0v) is 7.50.